The van der Waals surface area contributed by atoms with E-state index in [2.05, 4.69) is 15.6 Å². The highest BCUT2D eigenvalue weighted by atomic mass is 32.2. The van der Waals surface area contributed by atoms with Crippen molar-refractivity contribution in [2.75, 3.05) is 12.0 Å². The molecule has 2 rings (SSSR count). The number of carbonyl (C=O) groups excluding carboxylic acids is 2. The lowest BCUT2D eigenvalue weighted by Gasteiger charge is -2.18. The third kappa shape index (κ3) is 5.62. The fourth-order valence-corrected chi connectivity index (χ4v) is 2.90. The maximum Gasteiger partial charge on any atom is 0.251 e. The molecular weight excluding hydrogens is 350 g/mol. The van der Waals surface area contributed by atoms with Gasteiger partial charge in [-0.3, -0.25) is 9.59 Å². The van der Waals surface area contributed by atoms with Crippen LogP contribution in [0.5, 0.6) is 0 Å². The number of oxazole rings is 1. The average Bonchev–Trinajstić information content (AvgIpc) is 2.94. The summed E-state index contributed by atoms with van der Waals surface area (Å²) in [4.78, 5) is 29.3. The first-order valence-electron chi connectivity index (χ1n) is 8.47. The van der Waals surface area contributed by atoms with Gasteiger partial charge in [-0.05, 0) is 51.3 Å². The monoisotopic (exact) mass is 375 g/mol. The van der Waals surface area contributed by atoms with Gasteiger partial charge in [-0.15, -0.1) is 0 Å². The highest BCUT2D eigenvalue weighted by Gasteiger charge is 2.21. The lowest BCUT2D eigenvalue weighted by molar-refractivity contribution is -0.123. The van der Waals surface area contributed by atoms with Crippen LogP contribution in [0, 0.1) is 20.8 Å². The second-order valence-electron chi connectivity index (χ2n) is 6.14. The van der Waals surface area contributed by atoms with E-state index in [1.807, 2.05) is 39.2 Å². The second kappa shape index (κ2) is 9.43. The maximum atomic E-state index is 12.5. The number of aryl methyl sites for hydroxylation is 3. The zero-order valence-electron chi connectivity index (χ0n) is 15.6. The number of aromatic nitrogens is 1. The summed E-state index contributed by atoms with van der Waals surface area (Å²) in [5, 5.41) is 5.63. The van der Waals surface area contributed by atoms with E-state index in [9.17, 15) is 9.59 Å². The smallest absolute Gasteiger partial charge is 0.251 e. The van der Waals surface area contributed by atoms with E-state index in [1.54, 1.807) is 23.9 Å². The molecule has 0 aliphatic carbocycles. The first-order valence-corrected chi connectivity index (χ1v) is 9.87. The predicted octanol–water partition coefficient (Wildman–Crippen LogP) is 2.77. The number of carbonyl (C=O) groups is 2. The first-order chi connectivity index (χ1) is 12.4. The summed E-state index contributed by atoms with van der Waals surface area (Å²) in [5.74, 6) is 1.47. The number of amides is 2. The Morgan fingerprint density at radius 1 is 1.27 bits per heavy atom. The van der Waals surface area contributed by atoms with Gasteiger partial charge >= 0.3 is 0 Å². The van der Waals surface area contributed by atoms with Crippen LogP contribution in [0.4, 0.5) is 0 Å². The Morgan fingerprint density at radius 2 is 2.04 bits per heavy atom. The largest absolute Gasteiger partial charge is 0.444 e. The van der Waals surface area contributed by atoms with Crippen molar-refractivity contribution in [3.63, 3.8) is 0 Å². The van der Waals surface area contributed by atoms with Gasteiger partial charge in [0.1, 0.15) is 11.8 Å². The molecule has 1 unspecified atom stereocenters. The minimum absolute atomic E-state index is 0.198. The fourth-order valence-electron chi connectivity index (χ4n) is 2.43. The van der Waals surface area contributed by atoms with Gasteiger partial charge in [0, 0.05) is 5.56 Å². The minimum atomic E-state index is -0.604. The number of nitrogens with one attached hydrogen (secondary N) is 2. The molecule has 0 radical (unpaired) electrons. The number of hydrogen-bond acceptors (Lipinski definition) is 5. The van der Waals surface area contributed by atoms with Gasteiger partial charge in [0.25, 0.3) is 5.91 Å². The Labute approximate surface area is 158 Å². The third-order valence-corrected chi connectivity index (χ3v) is 4.64. The number of nitrogens with zero attached hydrogens (tertiary/aromatic N) is 1. The van der Waals surface area contributed by atoms with Gasteiger partial charge in [-0.25, -0.2) is 4.98 Å². The molecule has 6 nitrogen and oxygen atoms in total. The molecule has 0 fully saturated rings. The van der Waals surface area contributed by atoms with E-state index in [0.29, 0.717) is 17.9 Å². The SMILES string of the molecule is CSCCC(NC(=O)c1cccc(C)c1)C(=O)NCc1nc(C)c(C)o1. The third-order valence-electron chi connectivity index (χ3n) is 4.00. The van der Waals surface area contributed by atoms with Crippen LogP contribution in [0.15, 0.2) is 28.7 Å². The zero-order valence-corrected chi connectivity index (χ0v) is 16.4. The van der Waals surface area contributed by atoms with Gasteiger partial charge in [-0.2, -0.15) is 11.8 Å². The van der Waals surface area contributed by atoms with E-state index >= 15 is 0 Å². The van der Waals surface area contributed by atoms with Crippen LogP contribution >= 0.6 is 11.8 Å². The van der Waals surface area contributed by atoms with Gasteiger partial charge in [0.15, 0.2) is 0 Å². The van der Waals surface area contributed by atoms with Crippen molar-refractivity contribution < 1.29 is 14.0 Å². The fraction of sp³-hybridized carbons (Fsp3) is 0.421. The van der Waals surface area contributed by atoms with Gasteiger partial charge in [-0.1, -0.05) is 17.7 Å². The molecule has 0 saturated heterocycles. The molecule has 140 valence electrons. The normalized spacial score (nSPS) is 11.8. The van der Waals surface area contributed by atoms with Crippen LogP contribution < -0.4 is 10.6 Å². The quantitative estimate of drug-likeness (QED) is 0.741. The summed E-state index contributed by atoms with van der Waals surface area (Å²) in [6, 6.07) is 6.69. The van der Waals surface area contributed by atoms with Crippen LogP contribution in [-0.4, -0.2) is 34.8 Å². The van der Waals surface area contributed by atoms with E-state index in [0.717, 1.165) is 22.8 Å². The molecule has 0 aliphatic rings. The van der Waals surface area contributed by atoms with Crippen LogP contribution in [0.2, 0.25) is 0 Å². The first kappa shape index (κ1) is 20.0. The second-order valence-corrected chi connectivity index (χ2v) is 7.13. The Hall–Kier alpha value is -2.28. The summed E-state index contributed by atoms with van der Waals surface area (Å²) < 4.78 is 5.47. The number of rotatable bonds is 8. The molecule has 2 amide bonds. The predicted molar refractivity (Wildman–Crippen MR) is 103 cm³/mol. The topological polar surface area (TPSA) is 84.2 Å². The van der Waals surface area contributed by atoms with E-state index < -0.39 is 6.04 Å². The zero-order chi connectivity index (χ0) is 19.1. The Bertz CT molecular complexity index is 754. The molecule has 0 spiro atoms. The molecule has 1 aromatic heterocycles. The molecule has 0 saturated carbocycles. The molecule has 2 N–H and O–H groups in total. The minimum Gasteiger partial charge on any atom is -0.444 e. The van der Waals surface area contributed by atoms with Crippen molar-refractivity contribution >= 4 is 23.6 Å². The number of benzene rings is 1. The lowest BCUT2D eigenvalue weighted by atomic mass is 10.1. The Balaban J connectivity index is 2.00. The van der Waals surface area contributed by atoms with Crippen LogP contribution in [-0.2, 0) is 11.3 Å². The summed E-state index contributed by atoms with van der Waals surface area (Å²) in [6.45, 7) is 5.81. The molecule has 0 bridgehead atoms. The van der Waals surface area contributed by atoms with Crippen LogP contribution in [0.25, 0.3) is 0 Å². The standard InChI is InChI=1S/C19H25N3O3S/c1-12-6-5-7-15(10-12)18(23)22-16(8-9-26-4)19(24)20-11-17-21-13(2)14(3)25-17/h5-7,10,16H,8-9,11H2,1-4H3,(H,20,24)(H,22,23). The molecule has 1 heterocycles. The molecule has 2 aromatic rings. The van der Waals surface area contributed by atoms with E-state index in [4.69, 9.17) is 4.42 Å². The van der Waals surface area contributed by atoms with Crippen molar-refractivity contribution in [3.05, 3.63) is 52.7 Å². The lowest BCUT2D eigenvalue weighted by Crippen LogP contribution is -2.46. The van der Waals surface area contributed by atoms with Crippen molar-refractivity contribution in [3.8, 4) is 0 Å². The highest BCUT2D eigenvalue weighted by molar-refractivity contribution is 7.98. The number of thioether (sulfide) groups is 1. The van der Waals surface area contributed by atoms with Crippen molar-refractivity contribution in [1.29, 1.82) is 0 Å². The number of hydrogen-bond donors (Lipinski definition) is 2. The van der Waals surface area contributed by atoms with Crippen molar-refractivity contribution in [2.24, 2.45) is 0 Å². The Morgan fingerprint density at radius 3 is 2.65 bits per heavy atom. The summed E-state index contributed by atoms with van der Waals surface area (Å²) in [7, 11) is 0. The molecule has 26 heavy (non-hydrogen) atoms. The summed E-state index contributed by atoms with van der Waals surface area (Å²) in [6.07, 6.45) is 2.52. The van der Waals surface area contributed by atoms with Gasteiger partial charge in [0.2, 0.25) is 11.8 Å². The van der Waals surface area contributed by atoms with Crippen molar-refractivity contribution in [1.82, 2.24) is 15.6 Å². The highest BCUT2D eigenvalue weighted by Crippen LogP contribution is 2.09. The Kier molecular flexibility index (Phi) is 7.26. The average molecular weight is 375 g/mol. The van der Waals surface area contributed by atoms with Gasteiger partial charge < -0.3 is 15.1 Å². The van der Waals surface area contributed by atoms with E-state index in [1.165, 1.54) is 0 Å². The van der Waals surface area contributed by atoms with E-state index in [-0.39, 0.29) is 18.4 Å². The van der Waals surface area contributed by atoms with Crippen molar-refractivity contribution in [2.45, 2.75) is 39.8 Å². The van der Waals surface area contributed by atoms with Gasteiger partial charge in [0.05, 0.1) is 12.2 Å². The molecule has 1 atom stereocenters. The summed E-state index contributed by atoms with van der Waals surface area (Å²) in [5.41, 5.74) is 2.35. The summed E-state index contributed by atoms with van der Waals surface area (Å²) >= 11 is 1.63. The molecule has 7 heteroatoms. The van der Waals surface area contributed by atoms with Crippen LogP contribution in [0.3, 0.4) is 0 Å². The molecular formula is C19H25N3O3S. The molecule has 0 aliphatic heterocycles. The maximum absolute atomic E-state index is 12.5. The van der Waals surface area contributed by atoms with Crippen LogP contribution in [0.1, 0.15) is 39.7 Å². The molecule has 1 aromatic carbocycles.